The molecule has 0 saturated carbocycles. The quantitative estimate of drug-likeness (QED) is 0.796. The predicted molar refractivity (Wildman–Crippen MR) is 101 cm³/mol. The summed E-state index contributed by atoms with van der Waals surface area (Å²) in [5.74, 6) is -0.0413. The highest BCUT2D eigenvalue weighted by atomic mass is 32.1. The van der Waals surface area contributed by atoms with Crippen molar-refractivity contribution in [1.82, 2.24) is 19.8 Å². The van der Waals surface area contributed by atoms with Crippen LogP contribution in [0.25, 0.3) is 10.9 Å². The van der Waals surface area contributed by atoms with Gasteiger partial charge < -0.3 is 15.2 Å². The van der Waals surface area contributed by atoms with Gasteiger partial charge >= 0.3 is 0 Å². The summed E-state index contributed by atoms with van der Waals surface area (Å²) in [5.41, 5.74) is 0.507. The molecule has 2 amide bonds. The van der Waals surface area contributed by atoms with Crippen molar-refractivity contribution in [3.05, 3.63) is 39.4 Å². The number of fused-ring (bicyclic) bond motifs is 1. The summed E-state index contributed by atoms with van der Waals surface area (Å²) >= 11 is 5.26. The molecule has 1 fully saturated rings. The molecule has 1 aliphatic rings. The minimum absolute atomic E-state index is 0.0691. The molecule has 0 unspecified atom stereocenters. The Labute approximate surface area is 156 Å². The van der Waals surface area contributed by atoms with E-state index >= 15 is 0 Å². The van der Waals surface area contributed by atoms with Crippen LogP contribution in [0.4, 0.5) is 0 Å². The molecule has 0 spiro atoms. The summed E-state index contributed by atoms with van der Waals surface area (Å²) in [4.78, 5) is 40.9. The second-order valence-corrected chi connectivity index (χ2v) is 6.92. The first-order chi connectivity index (χ1) is 12.5. The number of H-pyrrole nitrogens is 1. The Hall–Kier alpha value is -2.48. The number of aromatic amines is 1. The van der Waals surface area contributed by atoms with Crippen molar-refractivity contribution >= 4 is 34.9 Å². The number of carbonyl (C=O) groups is 2. The van der Waals surface area contributed by atoms with Crippen molar-refractivity contribution in [3.8, 4) is 0 Å². The molecule has 1 aromatic carbocycles. The summed E-state index contributed by atoms with van der Waals surface area (Å²) in [5, 5.41) is 3.54. The zero-order valence-electron chi connectivity index (χ0n) is 14.7. The van der Waals surface area contributed by atoms with E-state index in [0.29, 0.717) is 28.8 Å². The number of carbonyl (C=O) groups excluding carboxylic acids is 2. The molecule has 0 radical (unpaired) electrons. The van der Waals surface area contributed by atoms with Gasteiger partial charge in [0.2, 0.25) is 11.8 Å². The number of likely N-dealkylation sites (tertiary alicyclic amines) is 1. The number of para-hydroxylation sites is 1. The van der Waals surface area contributed by atoms with Crippen molar-refractivity contribution in [2.75, 3.05) is 13.1 Å². The maximum absolute atomic E-state index is 12.6. The van der Waals surface area contributed by atoms with Gasteiger partial charge in [-0.3, -0.25) is 19.0 Å². The van der Waals surface area contributed by atoms with E-state index in [4.69, 9.17) is 12.2 Å². The molecule has 138 valence electrons. The van der Waals surface area contributed by atoms with Gasteiger partial charge in [0.05, 0.1) is 10.9 Å². The largest absolute Gasteiger partial charge is 0.353 e. The van der Waals surface area contributed by atoms with Crippen LogP contribution in [0.5, 0.6) is 0 Å². The van der Waals surface area contributed by atoms with Gasteiger partial charge in [0.1, 0.15) is 0 Å². The minimum atomic E-state index is -0.188. The highest BCUT2D eigenvalue weighted by Crippen LogP contribution is 2.11. The molecule has 7 nitrogen and oxygen atoms in total. The minimum Gasteiger partial charge on any atom is -0.353 e. The summed E-state index contributed by atoms with van der Waals surface area (Å²) < 4.78 is 1.74. The van der Waals surface area contributed by atoms with E-state index in [1.807, 2.05) is 6.07 Å². The summed E-state index contributed by atoms with van der Waals surface area (Å²) in [6.45, 7) is 3.12. The second kappa shape index (κ2) is 7.82. The smallest absolute Gasteiger partial charge is 0.262 e. The lowest BCUT2D eigenvalue weighted by Gasteiger charge is -2.31. The lowest BCUT2D eigenvalue weighted by Crippen LogP contribution is -2.46. The summed E-state index contributed by atoms with van der Waals surface area (Å²) in [7, 11) is 0. The molecule has 1 aliphatic heterocycles. The van der Waals surface area contributed by atoms with E-state index in [0.717, 1.165) is 12.8 Å². The Morgan fingerprint density at radius 2 is 1.96 bits per heavy atom. The van der Waals surface area contributed by atoms with Gasteiger partial charge in [-0.1, -0.05) is 12.1 Å². The lowest BCUT2D eigenvalue weighted by molar-refractivity contribution is -0.130. The predicted octanol–water partition coefficient (Wildman–Crippen LogP) is 1.58. The number of hydrogen-bond donors (Lipinski definition) is 2. The topological polar surface area (TPSA) is 87.2 Å². The van der Waals surface area contributed by atoms with Crippen LogP contribution in [0, 0.1) is 4.77 Å². The van der Waals surface area contributed by atoms with Crippen molar-refractivity contribution in [2.45, 2.75) is 38.8 Å². The van der Waals surface area contributed by atoms with E-state index in [9.17, 15) is 14.4 Å². The van der Waals surface area contributed by atoms with Crippen LogP contribution in [-0.2, 0) is 16.1 Å². The molecule has 2 heterocycles. The van der Waals surface area contributed by atoms with Gasteiger partial charge in [-0.05, 0) is 37.2 Å². The highest BCUT2D eigenvalue weighted by molar-refractivity contribution is 7.71. The van der Waals surface area contributed by atoms with Crippen LogP contribution in [0.3, 0.4) is 0 Å². The molecule has 1 saturated heterocycles. The molecular formula is C18H22N4O3S. The first-order valence-corrected chi connectivity index (χ1v) is 9.13. The second-order valence-electron chi connectivity index (χ2n) is 6.53. The number of piperidine rings is 1. The third-order valence-electron chi connectivity index (χ3n) is 4.76. The van der Waals surface area contributed by atoms with Gasteiger partial charge in [0.25, 0.3) is 5.56 Å². The fourth-order valence-electron chi connectivity index (χ4n) is 3.25. The van der Waals surface area contributed by atoms with Crippen LogP contribution >= 0.6 is 12.2 Å². The molecule has 2 N–H and O–H groups in total. The zero-order chi connectivity index (χ0) is 18.7. The average Bonchev–Trinajstić information content (AvgIpc) is 2.62. The van der Waals surface area contributed by atoms with Crippen molar-refractivity contribution < 1.29 is 9.59 Å². The van der Waals surface area contributed by atoms with Gasteiger partial charge in [-0.15, -0.1) is 0 Å². The van der Waals surface area contributed by atoms with Gasteiger partial charge in [0, 0.05) is 39.0 Å². The fourth-order valence-corrected chi connectivity index (χ4v) is 3.54. The van der Waals surface area contributed by atoms with Crippen LogP contribution in [0.1, 0.15) is 26.2 Å². The maximum Gasteiger partial charge on any atom is 0.262 e. The number of amides is 2. The van der Waals surface area contributed by atoms with Gasteiger partial charge in [-0.25, -0.2) is 0 Å². The van der Waals surface area contributed by atoms with E-state index in [2.05, 4.69) is 10.3 Å². The Bertz CT molecular complexity index is 941. The Morgan fingerprint density at radius 1 is 1.27 bits per heavy atom. The van der Waals surface area contributed by atoms with Crippen LogP contribution in [0.15, 0.2) is 29.1 Å². The third kappa shape index (κ3) is 4.01. The van der Waals surface area contributed by atoms with Crippen molar-refractivity contribution in [3.63, 3.8) is 0 Å². The molecular weight excluding hydrogens is 352 g/mol. The van der Waals surface area contributed by atoms with E-state index in [1.54, 1.807) is 30.0 Å². The first kappa shape index (κ1) is 18.3. The number of nitrogens with one attached hydrogen (secondary N) is 2. The lowest BCUT2D eigenvalue weighted by atomic mass is 10.0. The SMILES string of the molecule is CC(=O)N1CCC(NC(=O)CCn2c(=S)[nH]c3ccccc3c2=O)CC1. The van der Waals surface area contributed by atoms with Gasteiger partial charge in [-0.2, -0.15) is 0 Å². The van der Waals surface area contributed by atoms with Crippen LogP contribution in [0.2, 0.25) is 0 Å². The zero-order valence-corrected chi connectivity index (χ0v) is 15.5. The molecule has 26 heavy (non-hydrogen) atoms. The van der Waals surface area contributed by atoms with Gasteiger partial charge in [0.15, 0.2) is 4.77 Å². The molecule has 3 rings (SSSR count). The third-order valence-corrected chi connectivity index (χ3v) is 5.08. The molecule has 0 bridgehead atoms. The molecule has 0 atom stereocenters. The summed E-state index contributed by atoms with van der Waals surface area (Å²) in [6, 6.07) is 7.24. The maximum atomic E-state index is 12.6. The van der Waals surface area contributed by atoms with E-state index in [-0.39, 0.29) is 36.4 Å². The monoisotopic (exact) mass is 374 g/mol. The van der Waals surface area contributed by atoms with Crippen LogP contribution in [-0.4, -0.2) is 45.4 Å². The van der Waals surface area contributed by atoms with Crippen molar-refractivity contribution in [2.24, 2.45) is 0 Å². The standard InChI is InChI=1S/C18H22N4O3S/c1-12(23)21-9-6-13(7-10-21)19-16(24)8-11-22-17(25)14-4-2-3-5-15(14)20-18(22)26/h2-5,13H,6-11H2,1H3,(H,19,24)(H,20,26). The Morgan fingerprint density at radius 3 is 2.65 bits per heavy atom. The normalized spacial score (nSPS) is 15.2. The fraction of sp³-hybridized carbons (Fsp3) is 0.444. The number of nitrogens with zero attached hydrogens (tertiary/aromatic N) is 2. The number of benzene rings is 1. The molecule has 8 heteroatoms. The Kier molecular flexibility index (Phi) is 5.51. The average molecular weight is 374 g/mol. The molecule has 2 aromatic rings. The van der Waals surface area contributed by atoms with E-state index < -0.39 is 0 Å². The number of aromatic nitrogens is 2. The first-order valence-electron chi connectivity index (χ1n) is 8.72. The highest BCUT2D eigenvalue weighted by Gasteiger charge is 2.21. The summed E-state index contributed by atoms with van der Waals surface area (Å²) in [6.07, 6.45) is 1.69. The molecule has 1 aromatic heterocycles. The number of hydrogen-bond acceptors (Lipinski definition) is 4. The van der Waals surface area contributed by atoms with E-state index in [1.165, 1.54) is 4.57 Å². The Balaban J connectivity index is 1.60. The van der Waals surface area contributed by atoms with Crippen LogP contribution < -0.4 is 10.9 Å². The van der Waals surface area contributed by atoms with Crippen molar-refractivity contribution in [1.29, 1.82) is 0 Å². The molecule has 0 aliphatic carbocycles. The number of rotatable bonds is 4.